The van der Waals surface area contributed by atoms with Gasteiger partial charge in [0.1, 0.15) is 12.0 Å². The highest BCUT2D eigenvalue weighted by Crippen LogP contribution is 2.41. The van der Waals surface area contributed by atoms with E-state index >= 15 is 0 Å². The SMILES string of the molecule is CN(C)C(=O)C(CCN1CCC(c2ccccc2)(c2nnn(CC(N)=O)n2)CC1)(c1ccccc1)c1ccccc1. The zero-order valence-electron chi connectivity index (χ0n) is 23.7. The van der Waals surface area contributed by atoms with E-state index in [4.69, 9.17) is 5.73 Å². The first-order chi connectivity index (χ1) is 19.8. The molecule has 0 saturated carbocycles. The molecular formula is C32H37N7O2. The molecule has 1 aromatic heterocycles. The van der Waals surface area contributed by atoms with Gasteiger partial charge in [0.05, 0.1) is 5.41 Å². The van der Waals surface area contributed by atoms with Crippen molar-refractivity contribution < 1.29 is 9.59 Å². The minimum atomic E-state index is -0.807. The maximum atomic E-state index is 14.0. The number of piperidine rings is 1. The maximum Gasteiger partial charge on any atom is 0.241 e. The summed E-state index contributed by atoms with van der Waals surface area (Å²) < 4.78 is 0. The van der Waals surface area contributed by atoms with Crippen molar-refractivity contribution in [3.8, 4) is 0 Å². The molecule has 2 heterocycles. The van der Waals surface area contributed by atoms with E-state index in [1.54, 1.807) is 4.90 Å². The molecule has 0 radical (unpaired) electrons. The molecule has 1 saturated heterocycles. The molecule has 0 unspecified atom stereocenters. The molecule has 0 bridgehead atoms. The molecule has 9 nitrogen and oxygen atoms in total. The standard InChI is InChI=1S/C32H37N7O2/c1-37(2)30(41)32(26-14-8-4-9-15-26,27-16-10-5-11-17-27)20-23-38-21-18-31(19-22-38,25-12-6-3-7-13-25)29-34-36-39(35-29)24-28(33)40/h3-17H,18-24H2,1-2H3,(H2,33,40). The van der Waals surface area contributed by atoms with E-state index in [9.17, 15) is 9.59 Å². The second-order valence-electron chi connectivity index (χ2n) is 11.0. The normalized spacial score (nSPS) is 15.4. The molecule has 4 aromatic rings. The fourth-order valence-electron chi connectivity index (χ4n) is 6.16. The van der Waals surface area contributed by atoms with Crippen molar-refractivity contribution in [2.45, 2.75) is 36.6 Å². The highest BCUT2D eigenvalue weighted by atomic mass is 16.2. The summed E-state index contributed by atoms with van der Waals surface area (Å²) in [6.07, 6.45) is 2.21. The van der Waals surface area contributed by atoms with Gasteiger partial charge in [-0.15, -0.1) is 10.2 Å². The molecule has 1 aliphatic rings. The molecule has 0 atom stereocenters. The summed E-state index contributed by atoms with van der Waals surface area (Å²) in [6.45, 7) is 2.24. The molecule has 1 aliphatic heterocycles. The number of carbonyl (C=O) groups excluding carboxylic acids is 2. The Morgan fingerprint density at radius 1 is 0.878 bits per heavy atom. The molecule has 0 spiro atoms. The van der Waals surface area contributed by atoms with Gasteiger partial charge in [0.25, 0.3) is 0 Å². The number of hydrogen-bond acceptors (Lipinski definition) is 6. The van der Waals surface area contributed by atoms with E-state index in [-0.39, 0.29) is 12.5 Å². The number of hydrogen-bond donors (Lipinski definition) is 1. The van der Waals surface area contributed by atoms with Crippen molar-refractivity contribution in [3.63, 3.8) is 0 Å². The highest BCUT2D eigenvalue weighted by Gasteiger charge is 2.45. The van der Waals surface area contributed by atoms with Crippen molar-refractivity contribution in [1.82, 2.24) is 30.0 Å². The van der Waals surface area contributed by atoms with Crippen LogP contribution in [-0.2, 0) is 27.0 Å². The van der Waals surface area contributed by atoms with Crippen LogP contribution in [0.5, 0.6) is 0 Å². The number of benzene rings is 3. The predicted octanol–water partition coefficient (Wildman–Crippen LogP) is 3.00. The van der Waals surface area contributed by atoms with Crippen LogP contribution in [-0.4, -0.2) is 75.6 Å². The number of nitrogens with two attached hydrogens (primary N) is 1. The van der Waals surface area contributed by atoms with Crippen molar-refractivity contribution >= 4 is 11.8 Å². The molecule has 3 aromatic carbocycles. The van der Waals surface area contributed by atoms with Crippen LogP contribution >= 0.6 is 0 Å². The third kappa shape index (κ3) is 5.63. The topological polar surface area (TPSA) is 110 Å². The van der Waals surface area contributed by atoms with Crippen molar-refractivity contribution in [3.05, 3.63) is 114 Å². The highest BCUT2D eigenvalue weighted by molar-refractivity contribution is 5.92. The Labute approximate surface area is 241 Å². The molecule has 0 aliphatic carbocycles. The maximum absolute atomic E-state index is 14.0. The second-order valence-corrected chi connectivity index (χ2v) is 11.0. The van der Waals surface area contributed by atoms with E-state index in [0.717, 1.165) is 49.2 Å². The lowest BCUT2D eigenvalue weighted by atomic mass is 9.70. The second kappa shape index (κ2) is 12.0. The molecular weight excluding hydrogens is 514 g/mol. The van der Waals surface area contributed by atoms with Gasteiger partial charge in [-0.05, 0) is 60.8 Å². The number of carbonyl (C=O) groups is 2. The van der Waals surface area contributed by atoms with Gasteiger partial charge in [0.15, 0.2) is 5.82 Å². The predicted molar refractivity (Wildman–Crippen MR) is 157 cm³/mol. The summed E-state index contributed by atoms with van der Waals surface area (Å²) in [7, 11) is 3.66. The summed E-state index contributed by atoms with van der Waals surface area (Å²) >= 11 is 0. The number of nitrogens with zero attached hydrogens (tertiary/aromatic N) is 6. The Morgan fingerprint density at radius 2 is 1.41 bits per heavy atom. The number of rotatable bonds is 10. The van der Waals surface area contributed by atoms with Crippen LogP contribution in [0.15, 0.2) is 91.0 Å². The largest absolute Gasteiger partial charge is 0.368 e. The minimum Gasteiger partial charge on any atom is -0.368 e. The first-order valence-electron chi connectivity index (χ1n) is 14.0. The molecule has 2 N–H and O–H groups in total. The summed E-state index contributed by atoms with van der Waals surface area (Å²) in [5, 5.41) is 13.1. The zero-order chi connectivity index (χ0) is 28.9. The zero-order valence-corrected chi connectivity index (χ0v) is 23.7. The van der Waals surface area contributed by atoms with Crippen LogP contribution in [0.3, 0.4) is 0 Å². The first kappa shape index (κ1) is 28.2. The van der Waals surface area contributed by atoms with Crippen LogP contribution in [0, 0.1) is 0 Å². The Balaban J connectivity index is 1.42. The van der Waals surface area contributed by atoms with Gasteiger partial charge in [-0.3, -0.25) is 9.59 Å². The first-order valence-corrected chi connectivity index (χ1v) is 14.0. The minimum absolute atomic E-state index is 0.0702. The number of amides is 2. The molecule has 212 valence electrons. The molecule has 2 amide bonds. The Kier molecular flexibility index (Phi) is 8.26. The van der Waals surface area contributed by atoms with Gasteiger partial charge in [-0.25, -0.2) is 0 Å². The lowest BCUT2D eigenvalue weighted by Gasteiger charge is -2.42. The van der Waals surface area contributed by atoms with Gasteiger partial charge >= 0.3 is 0 Å². The number of tetrazole rings is 1. The third-order valence-corrected chi connectivity index (χ3v) is 8.32. The molecule has 5 rings (SSSR count). The van der Waals surface area contributed by atoms with Crippen LogP contribution < -0.4 is 5.73 Å². The summed E-state index contributed by atoms with van der Waals surface area (Å²) in [4.78, 5) is 30.9. The fourth-order valence-corrected chi connectivity index (χ4v) is 6.16. The van der Waals surface area contributed by atoms with E-state index in [2.05, 4.69) is 56.7 Å². The average Bonchev–Trinajstić information content (AvgIpc) is 3.47. The van der Waals surface area contributed by atoms with Crippen LogP contribution in [0.25, 0.3) is 0 Å². The van der Waals surface area contributed by atoms with Crippen LogP contribution in [0.1, 0.15) is 41.8 Å². The molecule has 1 fully saturated rings. The quantitative estimate of drug-likeness (QED) is 0.325. The average molecular weight is 552 g/mol. The monoisotopic (exact) mass is 551 g/mol. The number of primary amides is 1. The van der Waals surface area contributed by atoms with Crippen LogP contribution in [0.4, 0.5) is 0 Å². The Morgan fingerprint density at radius 3 is 1.93 bits per heavy atom. The van der Waals surface area contributed by atoms with Crippen molar-refractivity contribution in [2.24, 2.45) is 5.73 Å². The van der Waals surface area contributed by atoms with Gasteiger partial charge in [0, 0.05) is 14.1 Å². The summed E-state index contributed by atoms with van der Waals surface area (Å²) in [5.74, 6) is 0.168. The fraction of sp³-hybridized carbons (Fsp3) is 0.344. The lowest BCUT2D eigenvalue weighted by Crippen LogP contribution is -2.49. The third-order valence-electron chi connectivity index (χ3n) is 8.32. The Hall–Kier alpha value is -4.37. The number of likely N-dealkylation sites (N-methyl/N-ethyl adjacent to an activating group) is 1. The number of aromatic nitrogens is 4. The summed E-state index contributed by atoms with van der Waals surface area (Å²) in [6, 6.07) is 30.5. The van der Waals surface area contributed by atoms with Gasteiger partial charge in [-0.1, -0.05) is 91.0 Å². The van der Waals surface area contributed by atoms with Gasteiger partial charge < -0.3 is 15.5 Å². The van der Waals surface area contributed by atoms with E-state index in [0.29, 0.717) is 12.2 Å². The van der Waals surface area contributed by atoms with Crippen molar-refractivity contribution in [1.29, 1.82) is 0 Å². The summed E-state index contributed by atoms with van der Waals surface area (Å²) in [5.41, 5.74) is 7.25. The number of likely N-dealkylation sites (tertiary alicyclic amines) is 1. The smallest absolute Gasteiger partial charge is 0.241 e. The lowest BCUT2D eigenvalue weighted by molar-refractivity contribution is -0.133. The Bertz CT molecular complexity index is 1410. The van der Waals surface area contributed by atoms with E-state index in [1.165, 1.54) is 4.80 Å². The molecule has 41 heavy (non-hydrogen) atoms. The van der Waals surface area contributed by atoms with E-state index in [1.807, 2.05) is 68.7 Å². The van der Waals surface area contributed by atoms with Crippen LogP contribution in [0.2, 0.25) is 0 Å². The van der Waals surface area contributed by atoms with Gasteiger partial charge in [-0.2, -0.15) is 4.80 Å². The van der Waals surface area contributed by atoms with Gasteiger partial charge in [0.2, 0.25) is 11.8 Å². The molecule has 9 heteroatoms. The van der Waals surface area contributed by atoms with E-state index < -0.39 is 16.7 Å². The van der Waals surface area contributed by atoms with Crippen molar-refractivity contribution in [2.75, 3.05) is 33.7 Å².